The van der Waals surface area contributed by atoms with Gasteiger partial charge in [0.05, 0.1) is 11.8 Å². The van der Waals surface area contributed by atoms with Gasteiger partial charge in [-0.25, -0.2) is 0 Å². The normalized spacial score (nSPS) is 15.3. The van der Waals surface area contributed by atoms with Gasteiger partial charge >= 0.3 is 0 Å². The smallest absolute Gasteiger partial charge is 0.161 e. The monoisotopic (exact) mass is 368 g/mol. The Balaban J connectivity index is 1.29. The Bertz CT molecular complexity index is 859. The molecule has 0 amide bonds. The van der Waals surface area contributed by atoms with Gasteiger partial charge in [0.25, 0.3) is 0 Å². The van der Waals surface area contributed by atoms with Crippen LogP contribution in [0.5, 0.6) is 11.5 Å². The maximum absolute atomic E-state index is 5.88. The number of ether oxygens (including phenoxy) is 2. The summed E-state index contributed by atoms with van der Waals surface area (Å²) >= 11 is 1.58. The number of fused-ring (bicyclic) bond motifs is 1. The number of rotatable bonds is 6. The Kier molecular flexibility index (Phi) is 5.22. The Morgan fingerprint density at radius 2 is 1.96 bits per heavy atom. The maximum Gasteiger partial charge on any atom is 0.161 e. The fourth-order valence-electron chi connectivity index (χ4n) is 3.25. The second-order valence-electron chi connectivity index (χ2n) is 6.26. The molecule has 3 aromatic rings. The Labute approximate surface area is 157 Å². The van der Waals surface area contributed by atoms with Gasteiger partial charge < -0.3 is 14.4 Å². The molecule has 1 radical (unpaired) electrons. The van der Waals surface area contributed by atoms with Crippen molar-refractivity contribution < 1.29 is 9.47 Å². The van der Waals surface area contributed by atoms with E-state index in [4.69, 9.17) is 9.47 Å². The first-order chi connectivity index (χ1) is 12.8. The fraction of sp³-hybridized carbons (Fsp3) is 0.350. The lowest BCUT2D eigenvalue weighted by Gasteiger charge is -2.35. The first-order valence-electron chi connectivity index (χ1n) is 8.84. The van der Waals surface area contributed by atoms with Crippen molar-refractivity contribution in [2.75, 3.05) is 51.3 Å². The van der Waals surface area contributed by atoms with Gasteiger partial charge in [0, 0.05) is 38.1 Å². The molecule has 0 unspecified atom stereocenters. The molecule has 0 spiro atoms. The third kappa shape index (κ3) is 3.61. The Morgan fingerprint density at radius 3 is 2.81 bits per heavy atom. The highest BCUT2D eigenvalue weighted by Gasteiger charge is 2.20. The molecule has 2 heterocycles. The molecule has 6 heteroatoms. The molecule has 1 aromatic heterocycles. The zero-order valence-corrected chi connectivity index (χ0v) is 15.7. The molecule has 0 N–H and O–H groups in total. The van der Waals surface area contributed by atoms with Crippen molar-refractivity contribution in [3.63, 3.8) is 0 Å². The van der Waals surface area contributed by atoms with Gasteiger partial charge in [-0.1, -0.05) is 18.2 Å². The highest BCUT2D eigenvalue weighted by Crippen LogP contribution is 2.30. The molecule has 4 rings (SSSR count). The zero-order valence-electron chi connectivity index (χ0n) is 14.9. The largest absolute Gasteiger partial charge is 0.493 e. The minimum atomic E-state index is 0.653. The van der Waals surface area contributed by atoms with Gasteiger partial charge in [0.15, 0.2) is 11.5 Å². The van der Waals surface area contributed by atoms with Gasteiger partial charge in [0.2, 0.25) is 0 Å². The van der Waals surface area contributed by atoms with E-state index < -0.39 is 0 Å². The van der Waals surface area contributed by atoms with Crippen LogP contribution in [0.1, 0.15) is 0 Å². The van der Waals surface area contributed by atoms with Crippen LogP contribution < -0.4 is 14.4 Å². The van der Waals surface area contributed by atoms with E-state index in [2.05, 4.69) is 44.5 Å². The van der Waals surface area contributed by atoms with E-state index in [1.54, 1.807) is 24.7 Å². The molecule has 1 aliphatic rings. The van der Waals surface area contributed by atoms with Crippen molar-refractivity contribution in [3.8, 4) is 11.5 Å². The molecule has 5 nitrogen and oxygen atoms in total. The second kappa shape index (κ2) is 7.93. The minimum Gasteiger partial charge on any atom is -0.493 e. The van der Waals surface area contributed by atoms with E-state index in [0.717, 1.165) is 50.0 Å². The second-order valence-corrected chi connectivity index (χ2v) is 7.06. The molecular formula is C20H22N3O2S. The summed E-state index contributed by atoms with van der Waals surface area (Å²) in [6, 6.07) is 17.0. The average molecular weight is 368 g/mol. The standard InChI is InChI=1S/C20H22N3O2S/c1-24-17-7-3-4-8-18(17)25-15-14-22-10-12-23(13-11-22)20-16-6-2-5-9-19(16)26-21-20/h2,4-9H,10-15H2,1H3. The van der Waals surface area contributed by atoms with Crippen LogP contribution in [-0.4, -0.2) is 55.7 Å². The summed E-state index contributed by atoms with van der Waals surface area (Å²) in [4.78, 5) is 4.83. The molecule has 1 fully saturated rings. The van der Waals surface area contributed by atoms with Crippen molar-refractivity contribution >= 4 is 27.4 Å². The van der Waals surface area contributed by atoms with Crippen molar-refractivity contribution in [3.05, 3.63) is 48.5 Å². The van der Waals surface area contributed by atoms with E-state index in [1.807, 2.05) is 12.1 Å². The first kappa shape index (κ1) is 17.1. The lowest BCUT2D eigenvalue weighted by atomic mass is 10.2. The quantitative estimate of drug-likeness (QED) is 0.667. The molecule has 135 valence electrons. The topological polar surface area (TPSA) is 37.8 Å². The molecule has 1 aliphatic heterocycles. The SMILES string of the molecule is COc1c[c]ccc1OCCN1CCN(c2nsc3ccccc23)CC1. The summed E-state index contributed by atoms with van der Waals surface area (Å²) in [5, 5.41) is 1.27. The minimum absolute atomic E-state index is 0.653. The Hall–Kier alpha value is -2.31. The highest BCUT2D eigenvalue weighted by atomic mass is 32.1. The van der Waals surface area contributed by atoms with Gasteiger partial charge in [-0.05, 0) is 41.9 Å². The number of methoxy groups -OCH3 is 1. The maximum atomic E-state index is 5.88. The van der Waals surface area contributed by atoms with Crippen LogP contribution in [0.3, 0.4) is 0 Å². The van der Waals surface area contributed by atoms with Gasteiger partial charge in [0.1, 0.15) is 12.4 Å². The van der Waals surface area contributed by atoms with Crippen molar-refractivity contribution in [2.45, 2.75) is 0 Å². The lowest BCUT2D eigenvalue weighted by Crippen LogP contribution is -2.47. The predicted molar refractivity (Wildman–Crippen MR) is 106 cm³/mol. The van der Waals surface area contributed by atoms with Gasteiger partial charge in [-0.3, -0.25) is 4.90 Å². The zero-order chi connectivity index (χ0) is 17.8. The van der Waals surface area contributed by atoms with Gasteiger partial charge in [-0.15, -0.1) is 0 Å². The Morgan fingerprint density at radius 1 is 1.12 bits per heavy atom. The number of nitrogens with zero attached hydrogens (tertiary/aromatic N) is 3. The molecule has 0 aliphatic carbocycles. The third-order valence-electron chi connectivity index (χ3n) is 4.70. The van der Waals surface area contributed by atoms with Crippen LogP contribution in [-0.2, 0) is 0 Å². The number of piperazine rings is 1. The van der Waals surface area contributed by atoms with Crippen LogP contribution in [0, 0.1) is 6.07 Å². The van der Waals surface area contributed by atoms with Crippen LogP contribution in [0.4, 0.5) is 5.82 Å². The summed E-state index contributed by atoms with van der Waals surface area (Å²) in [5.41, 5.74) is 0. The molecule has 26 heavy (non-hydrogen) atoms. The van der Waals surface area contributed by atoms with E-state index in [1.165, 1.54) is 10.1 Å². The van der Waals surface area contributed by atoms with Crippen molar-refractivity contribution in [1.82, 2.24) is 9.27 Å². The lowest BCUT2D eigenvalue weighted by molar-refractivity contribution is 0.196. The summed E-state index contributed by atoms with van der Waals surface area (Å²) in [6.07, 6.45) is 0. The summed E-state index contributed by atoms with van der Waals surface area (Å²) in [5.74, 6) is 2.64. The van der Waals surface area contributed by atoms with Crippen LogP contribution in [0.2, 0.25) is 0 Å². The average Bonchev–Trinajstić information content (AvgIpc) is 3.13. The number of hydrogen-bond acceptors (Lipinski definition) is 6. The molecule has 2 aromatic carbocycles. The fourth-order valence-corrected chi connectivity index (χ4v) is 4.04. The summed E-state index contributed by atoms with van der Waals surface area (Å²) < 4.78 is 17.1. The van der Waals surface area contributed by atoms with Gasteiger partial charge in [-0.2, -0.15) is 4.37 Å². The number of benzene rings is 2. The molecule has 0 atom stereocenters. The highest BCUT2D eigenvalue weighted by molar-refractivity contribution is 7.13. The summed E-state index contributed by atoms with van der Waals surface area (Å²) in [6.45, 7) is 5.60. The molecular weight excluding hydrogens is 346 g/mol. The van der Waals surface area contributed by atoms with E-state index in [9.17, 15) is 0 Å². The summed E-state index contributed by atoms with van der Waals surface area (Å²) in [7, 11) is 1.65. The van der Waals surface area contributed by atoms with E-state index >= 15 is 0 Å². The predicted octanol–water partition coefficient (Wildman–Crippen LogP) is 3.31. The van der Waals surface area contributed by atoms with Crippen molar-refractivity contribution in [2.24, 2.45) is 0 Å². The number of anilines is 1. The molecule has 1 saturated heterocycles. The first-order valence-corrected chi connectivity index (χ1v) is 9.61. The van der Waals surface area contributed by atoms with Crippen LogP contribution in [0.25, 0.3) is 10.1 Å². The number of aromatic nitrogens is 1. The molecule has 0 saturated carbocycles. The number of hydrogen-bond donors (Lipinski definition) is 0. The van der Waals surface area contributed by atoms with Crippen LogP contribution in [0.15, 0.2) is 42.5 Å². The van der Waals surface area contributed by atoms with E-state index in [-0.39, 0.29) is 0 Å². The molecule has 0 bridgehead atoms. The van der Waals surface area contributed by atoms with Crippen LogP contribution >= 0.6 is 11.5 Å². The third-order valence-corrected chi connectivity index (χ3v) is 5.52. The van der Waals surface area contributed by atoms with E-state index in [0.29, 0.717) is 6.61 Å². The van der Waals surface area contributed by atoms with Crippen molar-refractivity contribution in [1.29, 1.82) is 0 Å².